The van der Waals surface area contributed by atoms with Crippen LogP contribution >= 0.6 is 0 Å². The molecule has 0 spiro atoms. The summed E-state index contributed by atoms with van der Waals surface area (Å²) in [5, 5.41) is 7.48. The molecular formula is C20H22N4O3. The minimum absolute atomic E-state index is 0.0194. The molecule has 0 saturated heterocycles. The second-order valence-electron chi connectivity index (χ2n) is 6.87. The Kier molecular flexibility index (Phi) is 4.66. The van der Waals surface area contributed by atoms with Crippen molar-refractivity contribution in [2.24, 2.45) is 0 Å². The Hall–Kier alpha value is -3.09. The Bertz CT molecular complexity index is 1030. The van der Waals surface area contributed by atoms with Gasteiger partial charge in [-0.25, -0.2) is 4.52 Å². The molecule has 3 aromatic rings. The van der Waals surface area contributed by atoms with Gasteiger partial charge in [0.1, 0.15) is 17.8 Å². The van der Waals surface area contributed by atoms with Crippen molar-refractivity contribution in [1.29, 1.82) is 0 Å². The van der Waals surface area contributed by atoms with Crippen LogP contribution in [0.15, 0.2) is 47.5 Å². The number of amides is 1. The van der Waals surface area contributed by atoms with Gasteiger partial charge in [0.05, 0.1) is 12.8 Å². The number of ether oxygens (including phenoxy) is 1. The summed E-state index contributed by atoms with van der Waals surface area (Å²) in [7, 11) is 1.61. The summed E-state index contributed by atoms with van der Waals surface area (Å²) in [6, 6.07) is 9.50. The van der Waals surface area contributed by atoms with E-state index in [1.54, 1.807) is 30.1 Å². The number of methoxy groups -OCH3 is 1. The summed E-state index contributed by atoms with van der Waals surface area (Å²) in [5.74, 6) is 0.603. The molecule has 0 bridgehead atoms. The van der Waals surface area contributed by atoms with E-state index in [4.69, 9.17) is 4.74 Å². The molecule has 1 N–H and O–H groups in total. The van der Waals surface area contributed by atoms with Crippen LogP contribution in [0.3, 0.4) is 0 Å². The quantitative estimate of drug-likeness (QED) is 0.751. The molecule has 1 aromatic carbocycles. The van der Waals surface area contributed by atoms with Gasteiger partial charge < -0.3 is 14.6 Å². The fourth-order valence-electron chi connectivity index (χ4n) is 3.57. The molecule has 0 atom stereocenters. The van der Waals surface area contributed by atoms with E-state index in [0.29, 0.717) is 11.2 Å². The van der Waals surface area contributed by atoms with Gasteiger partial charge in [-0.2, -0.15) is 5.10 Å². The molecule has 2 heterocycles. The zero-order chi connectivity index (χ0) is 18.8. The summed E-state index contributed by atoms with van der Waals surface area (Å²) in [6.45, 7) is 0.0194. The molecule has 140 valence electrons. The second kappa shape index (κ2) is 7.26. The maximum absolute atomic E-state index is 12.8. The average molecular weight is 366 g/mol. The Morgan fingerprint density at radius 3 is 2.85 bits per heavy atom. The van der Waals surface area contributed by atoms with Crippen molar-refractivity contribution in [2.45, 2.75) is 38.3 Å². The van der Waals surface area contributed by atoms with E-state index in [1.807, 2.05) is 24.3 Å². The van der Waals surface area contributed by atoms with Gasteiger partial charge in [0.2, 0.25) is 5.91 Å². The standard InChI is InChI=1S/C20H22N4O3/c1-27-16-8-4-5-14(11-16)17-12-18-20(26)23(9-10-24(18)22-17)13-19(25)21-15-6-2-3-7-15/h4-5,8-12,15H,2-3,6-7,13H2,1H3,(H,21,25). The van der Waals surface area contributed by atoms with Crippen LogP contribution < -0.4 is 15.6 Å². The van der Waals surface area contributed by atoms with Crippen LogP contribution in [-0.2, 0) is 11.3 Å². The third-order valence-electron chi connectivity index (χ3n) is 5.00. The van der Waals surface area contributed by atoms with Crippen molar-refractivity contribution < 1.29 is 9.53 Å². The van der Waals surface area contributed by atoms with Crippen LogP contribution in [0.5, 0.6) is 5.75 Å². The number of hydrogen-bond donors (Lipinski definition) is 1. The highest BCUT2D eigenvalue weighted by molar-refractivity contribution is 5.76. The highest BCUT2D eigenvalue weighted by atomic mass is 16.5. The zero-order valence-corrected chi connectivity index (χ0v) is 15.2. The summed E-state index contributed by atoms with van der Waals surface area (Å²) < 4.78 is 8.22. The number of nitrogens with zero attached hydrogens (tertiary/aromatic N) is 3. The maximum atomic E-state index is 12.8. The van der Waals surface area contributed by atoms with Crippen molar-refractivity contribution >= 4 is 11.4 Å². The largest absolute Gasteiger partial charge is 0.497 e. The van der Waals surface area contributed by atoms with E-state index in [9.17, 15) is 9.59 Å². The summed E-state index contributed by atoms with van der Waals surface area (Å²) >= 11 is 0. The fourth-order valence-corrected chi connectivity index (χ4v) is 3.57. The van der Waals surface area contributed by atoms with Crippen LogP contribution in [0, 0.1) is 0 Å². The molecule has 27 heavy (non-hydrogen) atoms. The number of nitrogens with one attached hydrogen (secondary N) is 1. The van der Waals surface area contributed by atoms with Crippen molar-refractivity contribution in [3.05, 3.63) is 53.1 Å². The predicted octanol–water partition coefficient (Wildman–Crippen LogP) is 2.23. The van der Waals surface area contributed by atoms with Gasteiger partial charge in [-0.3, -0.25) is 9.59 Å². The predicted molar refractivity (Wildman–Crippen MR) is 102 cm³/mol. The Morgan fingerprint density at radius 1 is 1.26 bits per heavy atom. The van der Waals surface area contributed by atoms with Crippen molar-refractivity contribution in [3.63, 3.8) is 0 Å². The highest BCUT2D eigenvalue weighted by Gasteiger charge is 2.18. The Morgan fingerprint density at radius 2 is 2.07 bits per heavy atom. The topological polar surface area (TPSA) is 77.6 Å². The normalized spacial score (nSPS) is 14.6. The maximum Gasteiger partial charge on any atom is 0.277 e. The monoisotopic (exact) mass is 366 g/mol. The molecule has 1 fully saturated rings. The minimum Gasteiger partial charge on any atom is -0.497 e. The van der Waals surface area contributed by atoms with Crippen LogP contribution in [0.1, 0.15) is 25.7 Å². The number of aromatic nitrogens is 3. The van der Waals surface area contributed by atoms with Crippen LogP contribution in [0.25, 0.3) is 16.8 Å². The van der Waals surface area contributed by atoms with Gasteiger partial charge in [-0.15, -0.1) is 0 Å². The molecule has 4 rings (SSSR count). The number of carbonyl (C=O) groups is 1. The van der Waals surface area contributed by atoms with Gasteiger partial charge in [0.15, 0.2) is 0 Å². The number of carbonyl (C=O) groups excluding carboxylic acids is 1. The Labute approximate surface area is 156 Å². The Balaban J connectivity index is 1.60. The first-order valence-corrected chi connectivity index (χ1v) is 9.16. The molecule has 7 nitrogen and oxygen atoms in total. The molecule has 2 aromatic heterocycles. The third-order valence-corrected chi connectivity index (χ3v) is 5.00. The van der Waals surface area contributed by atoms with Gasteiger partial charge in [-0.1, -0.05) is 25.0 Å². The van der Waals surface area contributed by atoms with Gasteiger partial charge >= 0.3 is 0 Å². The lowest BCUT2D eigenvalue weighted by molar-refractivity contribution is -0.122. The first-order chi connectivity index (χ1) is 13.1. The lowest BCUT2D eigenvalue weighted by Gasteiger charge is -2.12. The van der Waals surface area contributed by atoms with Crippen LogP contribution in [-0.4, -0.2) is 33.2 Å². The first-order valence-electron chi connectivity index (χ1n) is 9.16. The van der Waals surface area contributed by atoms with E-state index >= 15 is 0 Å². The fraction of sp³-hybridized carbons (Fsp3) is 0.350. The van der Waals surface area contributed by atoms with Crippen molar-refractivity contribution in [2.75, 3.05) is 7.11 Å². The summed E-state index contributed by atoms with van der Waals surface area (Å²) in [6.07, 6.45) is 7.65. The molecule has 1 amide bonds. The van der Waals surface area contributed by atoms with E-state index in [1.165, 1.54) is 4.57 Å². The van der Waals surface area contributed by atoms with E-state index in [0.717, 1.165) is 37.0 Å². The average Bonchev–Trinajstić information content (AvgIpc) is 3.34. The smallest absolute Gasteiger partial charge is 0.277 e. The van der Waals surface area contributed by atoms with Crippen molar-refractivity contribution in [3.8, 4) is 17.0 Å². The van der Waals surface area contributed by atoms with E-state index in [2.05, 4.69) is 10.4 Å². The molecule has 1 aliphatic carbocycles. The van der Waals surface area contributed by atoms with Gasteiger partial charge in [0.25, 0.3) is 5.56 Å². The number of hydrogen-bond acceptors (Lipinski definition) is 4. The number of rotatable bonds is 5. The minimum atomic E-state index is -0.235. The third kappa shape index (κ3) is 3.58. The van der Waals surface area contributed by atoms with Crippen molar-refractivity contribution in [1.82, 2.24) is 19.5 Å². The lowest BCUT2D eigenvalue weighted by atomic mass is 10.1. The first kappa shape index (κ1) is 17.3. The molecule has 1 saturated carbocycles. The lowest BCUT2D eigenvalue weighted by Crippen LogP contribution is -2.37. The van der Waals surface area contributed by atoms with Crippen LogP contribution in [0.4, 0.5) is 0 Å². The molecule has 0 unspecified atom stereocenters. The molecule has 7 heteroatoms. The highest BCUT2D eigenvalue weighted by Crippen LogP contribution is 2.23. The second-order valence-corrected chi connectivity index (χ2v) is 6.87. The summed E-state index contributed by atoms with van der Waals surface area (Å²) in [5.41, 5.74) is 1.74. The van der Waals surface area contributed by atoms with Crippen LogP contribution in [0.2, 0.25) is 0 Å². The SMILES string of the molecule is COc1cccc(-c2cc3c(=O)n(CC(=O)NC4CCCC4)ccn3n2)c1. The van der Waals surface area contributed by atoms with E-state index in [-0.39, 0.29) is 24.1 Å². The van der Waals surface area contributed by atoms with Gasteiger partial charge in [-0.05, 0) is 31.0 Å². The molecule has 1 aliphatic rings. The van der Waals surface area contributed by atoms with Gasteiger partial charge in [0, 0.05) is 24.0 Å². The number of fused-ring (bicyclic) bond motifs is 1. The number of benzene rings is 1. The molecule has 0 aliphatic heterocycles. The molecular weight excluding hydrogens is 344 g/mol. The van der Waals surface area contributed by atoms with E-state index < -0.39 is 0 Å². The summed E-state index contributed by atoms with van der Waals surface area (Å²) in [4.78, 5) is 25.0. The molecule has 0 radical (unpaired) electrons. The zero-order valence-electron chi connectivity index (χ0n) is 15.2.